The van der Waals surface area contributed by atoms with Crippen LogP contribution in [0.5, 0.6) is 0 Å². The van der Waals surface area contributed by atoms with Crippen LogP contribution in [0.3, 0.4) is 0 Å². The van der Waals surface area contributed by atoms with E-state index in [1.807, 2.05) is 13.8 Å². The van der Waals surface area contributed by atoms with E-state index in [2.05, 4.69) is 19.1 Å². The van der Waals surface area contributed by atoms with E-state index in [1.54, 1.807) is 0 Å². The van der Waals surface area contributed by atoms with Crippen molar-refractivity contribution in [2.45, 2.75) is 90.8 Å². The van der Waals surface area contributed by atoms with Crippen molar-refractivity contribution in [1.29, 1.82) is 0 Å². The third-order valence-electron chi connectivity index (χ3n) is 6.58. The molecule has 1 unspecified atom stereocenters. The Morgan fingerprint density at radius 3 is 2.52 bits per heavy atom. The van der Waals surface area contributed by atoms with E-state index < -0.39 is 16.2 Å². The summed E-state index contributed by atoms with van der Waals surface area (Å²) in [6, 6.07) is 0. The van der Waals surface area contributed by atoms with Crippen LogP contribution in [0.1, 0.15) is 78.6 Å². The molecule has 0 spiro atoms. The molecule has 2 aliphatic heterocycles. The molecule has 2 bridgehead atoms. The second kappa shape index (κ2) is 11.6. The molecule has 5 atom stereocenters. The summed E-state index contributed by atoms with van der Waals surface area (Å²) in [4.78, 5) is 12.0. The van der Waals surface area contributed by atoms with Gasteiger partial charge in [-0.1, -0.05) is 52.2 Å². The monoisotopic (exact) mass is 427 g/mol. The Morgan fingerprint density at radius 2 is 1.86 bits per heavy atom. The van der Waals surface area contributed by atoms with Crippen LogP contribution in [0.25, 0.3) is 0 Å². The Balaban J connectivity index is 1.78. The fourth-order valence-electron chi connectivity index (χ4n) is 4.78. The quantitative estimate of drug-likeness (QED) is 0.200. The number of nitrogens with zero attached hydrogens (tertiary/aromatic N) is 1. The molecule has 5 nitrogen and oxygen atoms in total. The largest absolute Gasteiger partial charge is 0.374 e. The van der Waals surface area contributed by atoms with Gasteiger partial charge in [-0.15, -0.1) is 0 Å². The van der Waals surface area contributed by atoms with Gasteiger partial charge in [0.15, 0.2) is 0 Å². The van der Waals surface area contributed by atoms with E-state index in [0.29, 0.717) is 35.5 Å². The lowest BCUT2D eigenvalue weighted by Gasteiger charge is -2.27. The summed E-state index contributed by atoms with van der Waals surface area (Å²) in [5.41, 5.74) is -0.569. The van der Waals surface area contributed by atoms with E-state index in [9.17, 15) is 14.2 Å². The average molecular weight is 428 g/mol. The molecule has 0 radical (unpaired) electrons. The highest BCUT2D eigenvalue weighted by Crippen LogP contribution is 2.45. The lowest BCUT2D eigenvalue weighted by molar-refractivity contribution is -0.169. The van der Waals surface area contributed by atoms with Crippen LogP contribution >= 0.6 is 0 Å². The number of hydrogen-bond donors (Lipinski definition) is 1. The van der Waals surface area contributed by atoms with Gasteiger partial charge in [0.1, 0.15) is 0 Å². The minimum atomic E-state index is -0.736. The molecular weight excluding hydrogens is 386 g/mol. The molecule has 0 aromatic heterocycles. The molecule has 1 N–H and O–H groups in total. The predicted molar refractivity (Wildman–Crippen MR) is 118 cm³/mol. The molecular formula is C23H41NO4S. The highest BCUT2D eigenvalue weighted by Gasteiger charge is 2.48. The fraction of sp³-hybridized carbons (Fsp3) is 0.870. The standard InChI is InChI=1S/C23H41NO4S/c1-5-6-7-11-16-29(27)17-19-18(20-13-14-21(19)28-20)12-9-8-10-15-23(2,3)22(25)24(4)26/h8-9,18-21,26H,5-7,10-17H2,1-4H3/b9-8-/t18-,19+,20-,21+,29?/m0/s1. The molecule has 29 heavy (non-hydrogen) atoms. The molecule has 2 rings (SSSR count). The molecule has 2 fully saturated rings. The first-order valence-electron chi connectivity index (χ1n) is 11.4. The molecule has 2 heterocycles. The summed E-state index contributed by atoms with van der Waals surface area (Å²) < 4.78 is 18.7. The van der Waals surface area contributed by atoms with Crippen molar-refractivity contribution in [3.63, 3.8) is 0 Å². The smallest absolute Gasteiger partial charge is 0.251 e. The summed E-state index contributed by atoms with van der Waals surface area (Å²) >= 11 is 0. The first-order chi connectivity index (χ1) is 13.8. The lowest BCUT2D eigenvalue weighted by Crippen LogP contribution is -2.36. The topological polar surface area (TPSA) is 66.8 Å². The van der Waals surface area contributed by atoms with Crippen LogP contribution in [-0.2, 0) is 20.3 Å². The molecule has 0 aromatic carbocycles. The summed E-state index contributed by atoms with van der Waals surface area (Å²) in [7, 11) is 0.642. The molecule has 0 saturated carbocycles. The van der Waals surface area contributed by atoms with Gasteiger partial charge >= 0.3 is 0 Å². The van der Waals surface area contributed by atoms with Gasteiger partial charge in [0, 0.05) is 40.7 Å². The number of unbranched alkanes of at least 4 members (excludes halogenated alkanes) is 3. The number of hydroxylamine groups is 2. The van der Waals surface area contributed by atoms with Crippen molar-refractivity contribution < 1.29 is 18.9 Å². The van der Waals surface area contributed by atoms with E-state index in [-0.39, 0.29) is 5.91 Å². The summed E-state index contributed by atoms with van der Waals surface area (Å²) in [6.45, 7) is 5.93. The third kappa shape index (κ3) is 7.18. The zero-order valence-corrected chi connectivity index (χ0v) is 19.6. The molecule has 1 amide bonds. The van der Waals surface area contributed by atoms with Crippen molar-refractivity contribution in [2.24, 2.45) is 17.3 Å². The SMILES string of the molecule is CCCCCCS(=O)C[C@@H]1[C@H](C/C=C\CCC(C)(C)C(=O)N(C)O)[C@@H]2CC[C@H]1O2. The lowest BCUT2D eigenvalue weighted by atomic mass is 9.78. The van der Waals surface area contributed by atoms with Crippen molar-refractivity contribution >= 4 is 16.7 Å². The highest BCUT2D eigenvalue weighted by atomic mass is 32.2. The number of carbonyl (C=O) groups excluding carboxylic acids is 1. The van der Waals surface area contributed by atoms with E-state index in [4.69, 9.17) is 4.74 Å². The van der Waals surface area contributed by atoms with Gasteiger partial charge in [0.05, 0.1) is 12.2 Å². The molecule has 6 heteroatoms. The van der Waals surface area contributed by atoms with E-state index in [0.717, 1.165) is 43.6 Å². The highest BCUT2D eigenvalue weighted by molar-refractivity contribution is 7.84. The zero-order valence-electron chi connectivity index (χ0n) is 18.8. The minimum Gasteiger partial charge on any atom is -0.374 e. The van der Waals surface area contributed by atoms with Gasteiger partial charge in [0.25, 0.3) is 5.91 Å². The van der Waals surface area contributed by atoms with Crippen LogP contribution in [0.4, 0.5) is 0 Å². The van der Waals surface area contributed by atoms with Gasteiger partial charge in [-0.25, -0.2) is 5.06 Å². The molecule has 0 aromatic rings. The van der Waals surface area contributed by atoms with Crippen molar-refractivity contribution in [3.05, 3.63) is 12.2 Å². The number of fused-ring (bicyclic) bond motifs is 2. The average Bonchev–Trinajstić information content (AvgIpc) is 3.26. The maximum atomic E-state index is 12.6. The molecule has 2 aliphatic rings. The zero-order chi connectivity index (χ0) is 21.4. The fourth-order valence-corrected chi connectivity index (χ4v) is 6.36. The van der Waals surface area contributed by atoms with Gasteiger partial charge in [-0.3, -0.25) is 14.2 Å². The second-order valence-electron chi connectivity index (χ2n) is 9.45. The van der Waals surface area contributed by atoms with Gasteiger partial charge in [0.2, 0.25) is 0 Å². The van der Waals surface area contributed by atoms with Crippen molar-refractivity contribution in [2.75, 3.05) is 18.6 Å². The number of rotatable bonds is 13. The Morgan fingerprint density at radius 1 is 1.17 bits per heavy atom. The minimum absolute atomic E-state index is 0.256. The van der Waals surface area contributed by atoms with Gasteiger partial charge in [-0.05, 0) is 44.4 Å². The Labute approximate surface area is 179 Å². The molecule has 0 aliphatic carbocycles. The van der Waals surface area contributed by atoms with Crippen LogP contribution in [0.2, 0.25) is 0 Å². The number of ether oxygens (including phenoxy) is 1. The Hall–Kier alpha value is -0.720. The van der Waals surface area contributed by atoms with E-state index >= 15 is 0 Å². The molecule has 2 saturated heterocycles. The predicted octanol–water partition coefficient (Wildman–Crippen LogP) is 4.71. The normalized spacial score (nSPS) is 27.6. The van der Waals surface area contributed by atoms with Gasteiger partial charge in [-0.2, -0.15) is 0 Å². The van der Waals surface area contributed by atoms with Crippen molar-refractivity contribution in [3.8, 4) is 0 Å². The molecule has 168 valence electrons. The van der Waals surface area contributed by atoms with Crippen LogP contribution in [0, 0.1) is 17.3 Å². The summed E-state index contributed by atoms with van der Waals surface area (Å²) in [5, 5.41) is 10.1. The number of hydrogen-bond acceptors (Lipinski definition) is 4. The van der Waals surface area contributed by atoms with E-state index in [1.165, 1.54) is 26.3 Å². The Kier molecular flexibility index (Phi) is 9.83. The van der Waals surface area contributed by atoms with Gasteiger partial charge < -0.3 is 4.74 Å². The summed E-state index contributed by atoms with van der Waals surface area (Å²) in [6.07, 6.45) is 14.4. The maximum Gasteiger partial charge on any atom is 0.251 e. The maximum absolute atomic E-state index is 12.6. The number of amides is 1. The Bertz CT molecular complexity index is 575. The van der Waals surface area contributed by atoms with Crippen LogP contribution in [0.15, 0.2) is 12.2 Å². The van der Waals surface area contributed by atoms with Crippen molar-refractivity contribution in [1.82, 2.24) is 5.06 Å². The summed E-state index contributed by atoms with van der Waals surface area (Å²) in [5.74, 6) is 2.26. The number of allylic oxidation sites excluding steroid dienone is 2. The first-order valence-corrected chi connectivity index (χ1v) is 12.9. The second-order valence-corrected chi connectivity index (χ2v) is 11.1. The third-order valence-corrected chi connectivity index (χ3v) is 8.08. The number of carbonyl (C=O) groups is 1. The first kappa shape index (κ1) is 24.5. The van der Waals surface area contributed by atoms with Crippen LogP contribution < -0.4 is 0 Å². The van der Waals surface area contributed by atoms with Crippen LogP contribution in [-0.4, -0.2) is 51.1 Å².